The number of benzene rings is 2. The molecule has 0 aliphatic carbocycles. The maximum atomic E-state index is 12.7. The number of aryl methyl sites for hydroxylation is 1. The van der Waals surface area contributed by atoms with Crippen LogP contribution in [0.1, 0.15) is 15.9 Å². The van der Waals surface area contributed by atoms with Crippen LogP contribution in [0.5, 0.6) is 17.4 Å². The van der Waals surface area contributed by atoms with Gasteiger partial charge in [-0.3, -0.25) is 4.79 Å². The predicted octanol–water partition coefficient (Wildman–Crippen LogP) is 3.04. The number of carbonyl (C=O) groups is 1. The molecule has 0 radical (unpaired) electrons. The molecule has 0 saturated heterocycles. The Morgan fingerprint density at radius 3 is 2.84 bits per heavy atom. The standard InChI is InChI=1S/C21H20N4O5S/c1-13-6-7-14(20(26)25-15-4-3-5-16(11-15)31(2,27)28)10-17(13)30-21-18-19(23-12-24-21)22-8-9-29-18/h3-7,10-12H,8-9H2,1-2H3,(H,25,26)(H,22,23,24). The third-order valence-electron chi connectivity index (χ3n) is 4.59. The summed E-state index contributed by atoms with van der Waals surface area (Å²) in [7, 11) is -3.38. The summed E-state index contributed by atoms with van der Waals surface area (Å²) in [6.07, 6.45) is 2.49. The second kappa shape index (κ2) is 8.23. The summed E-state index contributed by atoms with van der Waals surface area (Å²) in [5, 5.41) is 5.82. The fourth-order valence-corrected chi connectivity index (χ4v) is 3.64. The number of ether oxygens (including phenoxy) is 2. The van der Waals surface area contributed by atoms with E-state index in [2.05, 4.69) is 20.6 Å². The number of nitrogens with zero attached hydrogens (tertiary/aromatic N) is 2. The van der Waals surface area contributed by atoms with Crippen LogP contribution in [0.2, 0.25) is 0 Å². The number of aromatic nitrogens is 2. The van der Waals surface area contributed by atoms with E-state index < -0.39 is 15.7 Å². The lowest BCUT2D eigenvalue weighted by atomic mass is 10.1. The number of sulfone groups is 1. The number of fused-ring (bicyclic) bond motifs is 1. The average molecular weight is 440 g/mol. The molecule has 0 fully saturated rings. The quantitative estimate of drug-likeness (QED) is 0.621. The average Bonchev–Trinajstić information content (AvgIpc) is 2.75. The molecular weight excluding hydrogens is 420 g/mol. The number of anilines is 2. The van der Waals surface area contributed by atoms with Gasteiger partial charge in [-0.05, 0) is 42.8 Å². The zero-order valence-electron chi connectivity index (χ0n) is 16.9. The maximum absolute atomic E-state index is 12.7. The molecule has 2 aromatic carbocycles. The van der Waals surface area contributed by atoms with Crippen molar-refractivity contribution in [2.45, 2.75) is 11.8 Å². The van der Waals surface area contributed by atoms with Crippen LogP contribution in [-0.2, 0) is 9.84 Å². The molecule has 1 aliphatic rings. The number of carbonyl (C=O) groups excluding carboxylic acids is 1. The van der Waals surface area contributed by atoms with Crippen molar-refractivity contribution in [2.24, 2.45) is 0 Å². The Morgan fingerprint density at radius 1 is 1.19 bits per heavy atom. The van der Waals surface area contributed by atoms with E-state index in [0.29, 0.717) is 41.7 Å². The van der Waals surface area contributed by atoms with Gasteiger partial charge in [0.15, 0.2) is 15.7 Å². The first-order valence-electron chi connectivity index (χ1n) is 9.43. The molecule has 0 bridgehead atoms. The SMILES string of the molecule is Cc1ccc(C(=O)Nc2cccc(S(C)(=O)=O)c2)cc1Oc1ncnc2c1OCCN2. The van der Waals surface area contributed by atoms with Crippen molar-refractivity contribution < 1.29 is 22.7 Å². The number of hydrogen-bond donors (Lipinski definition) is 2. The van der Waals surface area contributed by atoms with Gasteiger partial charge in [0.2, 0.25) is 5.75 Å². The number of amides is 1. The smallest absolute Gasteiger partial charge is 0.268 e. The van der Waals surface area contributed by atoms with E-state index in [0.717, 1.165) is 11.8 Å². The molecule has 2 N–H and O–H groups in total. The van der Waals surface area contributed by atoms with E-state index in [1.165, 1.54) is 18.5 Å². The first-order chi connectivity index (χ1) is 14.8. The van der Waals surface area contributed by atoms with Crippen LogP contribution in [0.15, 0.2) is 53.7 Å². The molecule has 0 saturated carbocycles. The van der Waals surface area contributed by atoms with Crippen molar-refractivity contribution in [3.63, 3.8) is 0 Å². The summed E-state index contributed by atoms with van der Waals surface area (Å²) in [6, 6.07) is 11.1. The lowest BCUT2D eigenvalue weighted by Gasteiger charge is -2.20. The van der Waals surface area contributed by atoms with Crippen LogP contribution in [0.3, 0.4) is 0 Å². The molecule has 4 rings (SSSR count). The van der Waals surface area contributed by atoms with Gasteiger partial charge in [0.05, 0.1) is 11.4 Å². The number of rotatable bonds is 5. The van der Waals surface area contributed by atoms with Crippen LogP contribution >= 0.6 is 0 Å². The minimum Gasteiger partial charge on any atom is -0.483 e. The molecule has 1 aromatic heterocycles. The molecular formula is C21H20N4O5S. The van der Waals surface area contributed by atoms with E-state index in [4.69, 9.17) is 9.47 Å². The Bertz CT molecular complexity index is 1260. The summed E-state index contributed by atoms with van der Waals surface area (Å²) >= 11 is 0. The van der Waals surface area contributed by atoms with Crippen molar-refractivity contribution in [3.05, 3.63) is 59.9 Å². The molecule has 3 aromatic rings. The third kappa shape index (κ3) is 4.58. The van der Waals surface area contributed by atoms with Crippen molar-refractivity contribution in [1.29, 1.82) is 0 Å². The lowest BCUT2D eigenvalue weighted by molar-refractivity contribution is 0.102. The van der Waals surface area contributed by atoms with Crippen LogP contribution in [0.4, 0.5) is 11.5 Å². The van der Waals surface area contributed by atoms with Crippen LogP contribution in [-0.4, -0.2) is 43.7 Å². The van der Waals surface area contributed by atoms with Gasteiger partial charge in [0.1, 0.15) is 18.7 Å². The van der Waals surface area contributed by atoms with Crippen molar-refractivity contribution in [2.75, 3.05) is 30.0 Å². The van der Waals surface area contributed by atoms with Crippen molar-refractivity contribution in [1.82, 2.24) is 9.97 Å². The Hall–Kier alpha value is -3.66. The zero-order valence-corrected chi connectivity index (χ0v) is 17.7. The highest BCUT2D eigenvalue weighted by Crippen LogP contribution is 2.37. The van der Waals surface area contributed by atoms with Crippen molar-refractivity contribution >= 4 is 27.2 Å². The van der Waals surface area contributed by atoms with E-state index >= 15 is 0 Å². The van der Waals surface area contributed by atoms with E-state index in [9.17, 15) is 13.2 Å². The monoisotopic (exact) mass is 440 g/mol. The molecule has 0 unspecified atom stereocenters. The summed E-state index contributed by atoms with van der Waals surface area (Å²) in [5.41, 5.74) is 1.51. The summed E-state index contributed by atoms with van der Waals surface area (Å²) in [6.45, 7) is 2.95. The maximum Gasteiger partial charge on any atom is 0.268 e. The lowest BCUT2D eigenvalue weighted by Crippen LogP contribution is -2.19. The summed E-state index contributed by atoms with van der Waals surface area (Å²) < 4.78 is 35.0. The van der Waals surface area contributed by atoms with E-state index in [-0.39, 0.29) is 10.8 Å². The first-order valence-corrected chi connectivity index (χ1v) is 11.3. The number of nitrogens with one attached hydrogen (secondary N) is 2. The topological polar surface area (TPSA) is 120 Å². The highest BCUT2D eigenvalue weighted by molar-refractivity contribution is 7.90. The minimum absolute atomic E-state index is 0.125. The molecule has 1 amide bonds. The van der Waals surface area contributed by atoms with Crippen LogP contribution in [0, 0.1) is 6.92 Å². The number of hydrogen-bond acceptors (Lipinski definition) is 8. The third-order valence-corrected chi connectivity index (χ3v) is 5.70. The highest BCUT2D eigenvalue weighted by Gasteiger charge is 2.20. The van der Waals surface area contributed by atoms with Gasteiger partial charge in [-0.15, -0.1) is 0 Å². The van der Waals surface area contributed by atoms with Gasteiger partial charge in [0, 0.05) is 17.5 Å². The molecule has 31 heavy (non-hydrogen) atoms. The van der Waals surface area contributed by atoms with Gasteiger partial charge in [-0.1, -0.05) is 12.1 Å². The molecule has 2 heterocycles. The van der Waals surface area contributed by atoms with Crippen LogP contribution < -0.4 is 20.1 Å². The second-order valence-electron chi connectivity index (χ2n) is 6.97. The molecule has 10 heteroatoms. The van der Waals surface area contributed by atoms with Crippen molar-refractivity contribution in [3.8, 4) is 17.4 Å². The van der Waals surface area contributed by atoms with Crippen LogP contribution in [0.25, 0.3) is 0 Å². The largest absolute Gasteiger partial charge is 0.483 e. The fraction of sp³-hybridized carbons (Fsp3) is 0.190. The Balaban J connectivity index is 1.58. The van der Waals surface area contributed by atoms with Gasteiger partial charge in [-0.2, -0.15) is 4.98 Å². The summed E-state index contributed by atoms with van der Waals surface area (Å²) in [5.74, 6) is 1.25. The molecule has 1 aliphatic heterocycles. The van der Waals surface area contributed by atoms with E-state index in [1.54, 1.807) is 30.3 Å². The minimum atomic E-state index is -3.38. The predicted molar refractivity (Wildman–Crippen MR) is 115 cm³/mol. The van der Waals surface area contributed by atoms with Gasteiger partial charge < -0.3 is 20.1 Å². The normalized spacial score (nSPS) is 12.8. The second-order valence-corrected chi connectivity index (χ2v) is 8.98. The Morgan fingerprint density at radius 2 is 2.03 bits per heavy atom. The highest BCUT2D eigenvalue weighted by atomic mass is 32.2. The fourth-order valence-electron chi connectivity index (χ4n) is 2.97. The molecule has 0 spiro atoms. The summed E-state index contributed by atoms with van der Waals surface area (Å²) in [4.78, 5) is 21.1. The molecule has 9 nitrogen and oxygen atoms in total. The van der Waals surface area contributed by atoms with Gasteiger partial charge in [0.25, 0.3) is 11.8 Å². The van der Waals surface area contributed by atoms with E-state index in [1.807, 2.05) is 6.92 Å². The first kappa shape index (κ1) is 20.6. The zero-order chi connectivity index (χ0) is 22.0. The molecule has 160 valence electrons. The molecule has 0 atom stereocenters. The Labute approximate surface area is 179 Å². The Kier molecular flexibility index (Phi) is 5.47. The van der Waals surface area contributed by atoms with Gasteiger partial charge in [-0.25, -0.2) is 13.4 Å². The van der Waals surface area contributed by atoms with Gasteiger partial charge >= 0.3 is 0 Å².